The number of likely N-dealkylation sites (N-methyl/N-ethyl adjacent to an activating group) is 1. The maximum Gasteiger partial charge on any atom is 0.271 e. The molecule has 2 atom stereocenters. The third-order valence-electron chi connectivity index (χ3n) is 4.54. The van der Waals surface area contributed by atoms with Crippen LogP contribution in [0.15, 0.2) is 36.5 Å². The lowest BCUT2D eigenvalue weighted by Gasteiger charge is -2.20. The fraction of sp³-hybridized carbons (Fsp3) is 0.421. The molecule has 1 aromatic carbocycles. The fourth-order valence-corrected chi connectivity index (χ4v) is 3.42. The molecule has 0 aliphatic carbocycles. The molecule has 0 unspecified atom stereocenters. The third kappa shape index (κ3) is 3.99. The van der Waals surface area contributed by atoms with Gasteiger partial charge in [0.1, 0.15) is 11.5 Å². The van der Waals surface area contributed by atoms with Crippen molar-refractivity contribution in [3.8, 4) is 0 Å². The molecule has 1 saturated heterocycles. The zero-order valence-corrected chi connectivity index (χ0v) is 15.5. The first-order valence-corrected chi connectivity index (χ1v) is 8.90. The van der Waals surface area contributed by atoms with Gasteiger partial charge in [0.05, 0.1) is 11.2 Å². The van der Waals surface area contributed by atoms with Gasteiger partial charge in [0.15, 0.2) is 0 Å². The third-order valence-corrected chi connectivity index (χ3v) is 4.82. The number of hydrogen-bond acceptors (Lipinski definition) is 4. The van der Waals surface area contributed by atoms with Gasteiger partial charge in [0.25, 0.3) is 5.91 Å². The minimum Gasteiger partial charge on any atom is -0.346 e. The second kappa shape index (κ2) is 7.50. The van der Waals surface area contributed by atoms with Gasteiger partial charge in [-0.2, -0.15) is 0 Å². The fourth-order valence-electron chi connectivity index (χ4n) is 3.24. The first kappa shape index (κ1) is 17.8. The van der Waals surface area contributed by atoms with Gasteiger partial charge in [0.2, 0.25) is 0 Å². The van der Waals surface area contributed by atoms with Crippen molar-refractivity contribution in [1.82, 2.24) is 20.2 Å². The van der Waals surface area contributed by atoms with E-state index in [9.17, 15) is 4.79 Å². The van der Waals surface area contributed by atoms with E-state index in [0.29, 0.717) is 5.82 Å². The second-order valence-corrected chi connectivity index (χ2v) is 7.30. The monoisotopic (exact) mass is 358 g/mol. The summed E-state index contributed by atoms with van der Waals surface area (Å²) in [6, 6.07) is 10.3. The number of nitrogens with one attached hydrogen (secondary N) is 1. The summed E-state index contributed by atoms with van der Waals surface area (Å²) in [6.07, 6.45) is 1.51. The molecule has 25 heavy (non-hydrogen) atoms. The SMILES string of the molecule is CC(C)c1ncc(Cl)c(C(=O)N[C@H]2CN(C)C[C@@H]2c2ccccc2)n1. The average Bonchev–Trinajstić information content (AvgIpc) is 2.96. The van der Waals surface area contributed by atoms with Crippen molar-refractivity contribution in [3.05, 3.63) is 58.6 Å². The van der Waals surface area contributed by atoms with Gasteiger partial charge >= 0.3 is 0 Å². The minimum atomic E-state index is -0.240. The zero-order valence-electron chi connectivity index (χ0n) is 14.7. The quantitative estimate of drug-likeness (QED) is 0.912. The van der Waals surface area contributed by atoms with E-state index in [2.05, 4.69) is 39.4 Å². The van der Waals surface area contributed by atoms with Crippen LogP contribution in [0.3, 0.4) is 0 Å². The summed E-state index contributed by atoms with van der Waals surface area (Å²) in [5, 5.41) is 3.41. The molecular formula is C19H23ClN4O. The number of halogens is 1. The van der Waals surface area contributed by atoms with E-state index in [-0.39, 0.29) is 34.5 Å². The molecule has 2 heterocycles. The average molecular weight is 359 g/mol. The Morgan fingerprint density at radius 3 is 2.68 bits per heavy atom. The van der Waals surface area contributed by atoms with Gasteiger partial charge in [-0.05, 0) is 12.6 Å². The number of nitrogens with zero attached hydrogens (tertiary/aromatic N) is 3. The molecular weight excluding hydrogens is 336 g/mol. The van der Waals surface area contributed by atoms with Gasteiger partial charge < -0.3 is 10.2 Å². The van der Waals surface area contributed by atoms with Crippen molar-refractivity contribution in [2.75, 3.05) is 20.1 Å². The number of hydrogen-bond donors (Lipinski definition) is 1. The number of rotatable bonds is 4. The van der Waals surface area contributed by atoms with Gasteiger partial charge in [-0.15, -0.1) is 0 Å². The van der Waals surface area contributed by atoms with Gasteiger partial charge in [0, 0.05) is 31.0 Å². The minimum absolute atomic E-state index is 0.0217. The molecule has 1 aliphatic rings. The van der Waals surface area contributed by atoms with E-state index in [1.54, 1.807) is 0 Å². The highest BCUT2D eigenvalue weighted by Gasteiger charge is 2.33. The van der Waals surface area contributed by atoms with Crippen LogP contribution >= 0.6 is 11.6 Å². The molecule has 2 aromatic rings. The van der Waals surface area contributed by atoms with Crippen molar-refractivity contribution in [1.29, 1.82) is 0 Å². The van der Waals surface area contributed by atoms with E-state index < -0.39 is 0 Å². The molecule has 3 rings (SSSR count). The summed E-state index contributed by atoms with van der Waals surface area (Å²) in [6.45, 7) is 5.68. The summed E-state index contributed by atoms with van der Waals surface area (Å²) >= 11 is 6.17. The molecule has 0 radical (unpaired) electrons. The largest absolute Gasteiger partial charge is 0.346 e. The van der Waals surface area contributed by atoms with Crippen molar-refractivity contribution >= 4 is 17.5 Å². The molecule has 1 amide bonds. The zero-order chi connectivity index (χ0) is 18.0. The van der Waals surface area contributed by atoms with Gasteiger partial charge in [-0.1, -0.05) is 55.8 Å². The molecule has 1 aromatic heterocycles. The number of amides is 1. The highest BCUT2D eigenvalue weighted by molar-refractivity contribution is 6.33. The van der Waals surface area contributed by atoms with Crippen molar-refractivity contribution in [2.24, 2.45) is 0 Å². The standard InChI is InChI=1S/C19H23ClN4O/c1-12(2)18-21-9-15(20)17(23-18)19(25)22-16-11-24(3)10-14(16)13-7-5-4-6-8-13/h4-9,12,14,16H,10-11H2,1-3H3,(H,22,25)/t14-,16+/m1/s1. The Labute approximate surface area is 153 Å². The van der Waals surface area contributed by atoms with E-state index in [4.69, 9.17) is 11.6 Å². The molecule has 0 bridgehead atoms. The molecule has 5 nitrogen and oxygen atoms in total. The lowest BCUT2D eigenvalue weighted by molar-refractivity contribution is 0.0930. The number of carbonyl (C=O) groups is 1. The molecule has 6 heteroatoms. The Morgan fingerprint density at radius 2 is 2.00 bits per heavy atom. The summed E-state index contributed by atoms with van der Waals surface area (Å²) < 4.78 is 0. The maximum atomic E-state index is 12.8. The van der Waals surface area contributed by atoms with E-state index in [1.165, 1.54) is 11.8 Å². The topological polar surface area (TPSA) is 58.1 Å². The Balaban J connectivity index is 1.81. The number of carbonyl (C=O) groups excluding carboxylic acids is 1. The molecule has 0 saturated carbocycles. The van der Waals surface area contributed by atoms with Crippen LogP contribution in [-0.4, -0.2) is 47.0 Å². The van der Waals surface area contributed by atoms with Crippen molar-refractivity contribution < 1.29 is 4.79 Å². The highest BCUT2D eigenvalue weighted by Crippen LogP contribution is 2.27. The first-order valence-electron chi connectivity index (χ1n) is 8.52. The van der Waals surface area contributed by atoms with Crippen molar-refractivity contribution in [3.63, 3.8) is 0 Å². The summed E-state index contributed by atoms with van der Waals surface area (Å²) in [5.74, 6) is 0.770. The maximum absolute atomic E-state index is 12.8. The van der Waals surface area contributed by atoms with Crippen LogP contribution in [0, 0.1) is 0 Å². The summed E-state index contributed by atoms with van der Waals surface area (Å²) in [4.78, 5) is 23.6. The summed E-state index contributed by atoms with van der Waals surface area (Å²) in [7, 11) is 2.07. The van der Waals surface area contributed by atoms with E-state index in [0.717, 1.165) is 13.1 Å². The number of aromatic nitrogens is 2. The summed E-state index contributed by atoms with van der Waals surface area (Å²) in [5.41, 5.74) is 1.48. The Bertz CT molecular complexity index is 750. The van der Waals surface area contributed by atoms with E-state index >= 15 is 0 Å². The Morgan fingerprint density at radius 1 is 1.28 bits per heavy atom. The molecule has 0 spiro atoms. The van der Waals surface area contributed by atoms with Gasteiger partial charge in [-0.3, -0.25) is 4.79 Å². The van der Waals surface area contributed by atoms with Crippen LogP contribution in [0.5, 0.6) is 0 Å². The molecule has 1 N–H and O–H groups in total. The van der Waals surface area contributed by atoms with Crippen LogP contribution < -0.4 is 5.32 Å². The Hall–Kier alpha value is -1.98. The predicted molar refractivity (Wildman–Crippen MR) is 99.1 cm³/mol. The van der Waals surface area contributed by atoms with E-state index in [1.807, 2.05) is 32.0 Å². The van der Waals surface area contributed by atoms with Crippen LogP contribution in [0.1, 0.15) is 47.6 Å². The van der Waals surface area contributed by atoms with Crippen LogP contribution in [0.4, 0.5) is 0 Å². The lowest BCUT2D eigenvalue weighted by atomic mass is 9.94. The Kier molecular flexibility index (Phi) is 5.35. The van der Waals surface area contributed by atoms with Crippen LogP contribution in [0.25, 0.3) is 0 Å². The first-order chi connectivity index (χ1) is 12.0. The predicted octanol–water partition coefficient (Wildman–Crippen LogP) is 3.08. The molecule has 1 aliphatic heterocycles. The van der Waals surface area contributed by atoms with Gasteiger partial charge in [-0.25, -0.2) is 9.97 Å². The second-order valence-electron chi connectivity index (χ2n) is 6.90. The van der Waals surface area contributed by atoms with Crippen molar-refractivity contribution in [2.45, 2.75) is 31.7 Å². The van der Waals surface area contributed by atoms with Crippen LogP contribution in [-0.2, 0) is 0 Å². The lowest BCUT2D eigenvalue weighted by Crippen LogP contribution is -2.40. The smallest absolute Gasteiger partial charge is 0.271 e. The number of benzene rings is 1. The number of likely N-dealkylation sites (tertiary alicyclic amines) is 1. The normalized spacial score (nSPS) is 20.8. The molecule has 132 valence electrons. The van der Waals surface area contributed by atoms with Crippen LogP contribution in [0.2, 0.25) is 5.02 Å². The molecule has 1 fully saturated rings. The highest BCUT2D eigenvalue weighted by atomic mass is 35.5.